The molecule has 0 aromatic carbocycles. The normalized spacial score (nSPS) is 16.8. The molecule has 0 heterocycles. The van der Waals surface area contributed by atoms with Crippen LogP contribution in [0.2, 0.25) is 0 Å². The largest absolute Gasteiger partial charge is 0.479 e. The first-order chi connectivity index (χ1) is 3.50. The van der Waals surface area contributed by atoms with Crippen molar-refractivity contribution in [3.8, 4) is 0 Å². The smallest absolute Gasteiger partial charge is 0.342 e. The van der Waals surface area contributed by atoms with Gasteiger partial charge < -0.3 is 10.2 Å². The van der Waals surface area contributed by atoms with Gasteiger partial charge in [-0.25, -0.2) is 4.79 Å². The Balaban J connectivity index is 4.12. The van der Waals surface area contributed by atoms with E-state index in [1.165, 1.54) is 0 Å². The summed E-state index contributed by atoms with van der Waals surface area (Å²) in [5, 5.41) is 16.4. The summed E-state index contributed by atoms with van der Waals surface area (Å²) in [7, 11) is 0. The van der Waals surface area contributed by atoms with Gasteiger partial charge in [-0.3, -0.25) is 4.79 Å². The van der Waals surface area contributed by atoms with E-state index >= 15 is 0 Å². The molecule has 0 aliphatic carbocycles. The molecule has 0 amide bonds. The Labute approximate surface area is 45.7 Å². The van der Waals surface area contributed by atoms with Crippen molar-refractivity contribution < 1.29 is 19.8 Å². The van der Waals surface area contributed by atoms with E-state index < -0.39 is 11.6 Å². The zero-order valence-electron chi connectivity index (χ0n) is 4.29. The zero-order valence-corrected chi connectivity index (χ0v) is 4.29. The Bertz CT molecular complexity index is 115. The van der Waals surface area contributed by atoms with Crippen molar-refractivity contribution in [2.24, 2.45) is 0 Å². The number of hydrogen-bond donors (Lipinski definition) is 2. The number of carbonyl (C=O) groups excluding carboxylic acids is 1. The third kappa shape index (κ3) is 1.31. The molecule has 0 aromatic heterocycles. The van der Waals surface area contributed by atoms with Crippen molar-refractivity contribution in [2.45, 2.75) is 12.5 Å². The molecule has 2 N–H and O–H groups in total. The van der Waals surface area contributed by atoms with Crippen molar-refractivity contribution in [1.82, 2.24) is 0 Å². The Morgan fingerprint density at radius 1 is 1.75 bits per heavy atom. The van der Waals surface area contributed by atoms with E-state index in [-0.39, 0.29) is 6.29 Å². The summed E-state index contributed by atoms with van der Waals surface area (Å²) in [5.74, 6) is -1.53. The highest BCUT2D eigenvalue weighted by atomic mass is 16.4. The number of hydrogen-bond acceptors (Lipinski definition) is 3. The predicted octanol–water partition coefficient (Wildman–Crippen LogP) is -0.979. The van der Waals surface area contributed by atoms with Crippen molar-refractivity contribution in [3.63, 3.8) is 0 Å². The van der Waals surface area contributed by atoms with Gasteiger partial charge in [-0.1, -0.05) is 0 Å². The van der Waals surface area contributed by atoms with Gasteiger partial charge >= 0.3 is 5.97 Å². The first-order valence-electron chi connectivity index (χ1n) is 1.93. The first kappa shape index (κ1) is 7.10. The molecule has 4 nitrogen and oxygen atoms in total. The Kier molecular flexibility index (Phi) is 1.70. The quantitative estimate of drug-likeness (QED) is 0.361. The SMILES string of the molecule is CC(O)(C=O)C(=O)O. The van der Waals surface area contributed by atoms with Crippen LogP contribution in [-0.4, -0.2) is 28.1 Å². The van der Waals surface area contributed by atoms with E-state index in [0.29, 0.717) is 0 Å². The maximum absolute atomic E-state index is 9.77. The summed E-state index contributed by atoms with van der Waals surface area (Å²) >= 11 is 0. The Hall–Kier alpha value is -0.900. The standard InChI is InChI=1S/C4H6O4/c1-4(8,2-5)3(6)7/h2,8H,1H3,(H,6,7). The summed E-state index contributed by atoms with van der Waals surface area (Å²) in [5.41, 5.74) is -2.22. The number of aldehydes is 1. The maximum atomic E-state index is 9.77. The van der Waals surface area contributed by atoms with Gasteiger partial charge in [-0.2, -0.15) is 0 Å². The molecule has 0 aromatic rings. The molecular formula is C4H6O4. The van der Waals surface area contributed by atoms with E-state index in [4.69, 9.17) is 10.2 Å². The summed E-state index contributed by atoms with van der Waals surface area (Å²) < 4.78 is 0. The summed E-state index contributed by atoms with van der Waals surface area (Å²) in [4.78, 5) is 19.4. The first-order valence-corrected chi connectivity index (χ1v) is 1.93. The zero-order chi connectivity index (χ0) is 6.78. The lowest BCUT2D eigenvalue weighted by atomic mass is 10.1. The van der Waals surface area contributed by atoms with E-state index in [9.17, 15) is 9.59 Å². The Morgan fingerprint density at radius 3 is 2.12 bits per heavy atom. The monoisotopic (exact) mass is 118 g/mol. The van der Waals surface area contributed by atoms with E-state index in [1.54, 1.807) is 0 Å². The highest BCUT2D eigenvalue weighted by molar-refractivity contribution is 5.94. The third-order valence-electron chi connectivity index (χ3n) is 0.662. The average Bonchev–Trinajstić information content (AvgIpc) is 1.67. The molecule has 8 heavy (non-hydrogen) atoms. The lowest BCUT2D eigenvalue weighted by Gasteiger charge is -2.06. The van der Waals surface area contributed by atoms with Crippen molar-refractivity contribution in [2.75, 3.05) is 0 Å². The fourth-order valence-electron chi connectivity index (χ4n) is 0.0504. The van der Waals surface area contributed by atoms with Gasteiger partial charge in [0.15, 0.2) is 6.29 Å². The molecule has 0 rings (SSSR count). The second-order valence-corrected chi connectivity index (χ2v) is 1.57. The van der Waals surface area contributed by atoms with Gasteiger partial charge in [-0.05, 0) is 6.92 Å². The van der Waals surface area contributed by atoms with Crippen LogP contribution in [-0.2, 0) is 9.59 Å². The van der Waals surface area contributed by atoms with Gasteiger partial charge in [0.05, 0.1) is 0 Å². The molecule has 0 fully saturated rings. The number of carboxylic acids is 1. The van der Waals surface area contributed by atoms with Crippen LogP contribution in [0.1, 0.15) is 6.92 Å². The molecular weight excluding hydrogens is 112 g/mol. The van der Waals surface area contributed by atoms with Gasteiger partial charge in [0.1, 0.15) is 0 Å². The molecule has 46 valence electrons. The van der Waals surface area contributed by atoms with Gasteiger partial charge in [0, 0.05) is 0 Å². The summed E-state index contributed by atoms with van der Waals surface area (Å²) in [6, 6.07) is 0. The molecule has 0 bridgehead atoms. The number of rotatable bonds is 2. The van der Waals surface area contributed by atoms with Gasteiger partial charge in [0.2, 0.25) is 5.60 Å². The molecule has 0 spiro atoms. The summed E-state index contributed by atoms with van der Waals surface area (Å²) in [6.45, 7) is 0.905. The van der Waals surface area contributed by atoms with Crippen LogP contribution < -0.4 is 0 Å². The minimum absolute atomic E-state index is 0.0324. The topological polar surface area (TPSA) is 74.6 Å². The Morgan fingerprint density at radius 2 is 2.12 bits per heavy atom. The van der Waals surface area contributed by atoms with Gasteiger partial charge in [0.25, 0.3) is 0 Å². The molecule has 0 aliphatic heterocycles. The van der Waals surface area contributed by atoms with Crippen LogP contribution in [0.3, 0.4) is 0 Å². The highest BCUT2D eigenvalue weighted by Crippen LogP contribution is 1.95. The van der Waals surface area contributed by atoms with Crippen LogP contribution in [0.15, 0.2) is 0 Å². The summed E-state index contributed by atoms with van der Waals surface area (Å²) in [6.07, 6.45) is -0.0324. The van der Waals surface area contributed by atoms with E-state index in [0.717, 1.165) is 6.92 Å². The molecule has 0 saturated heterocycles. The molecule has 0 radical (unpaired) electrons. The number of carbonyl (C=O) groups is 2. The maximum Gasteiger partial charge on any atom is 0.342 e. The number of carboxylic acid groups (broad SMARTS) is 1. The minimum Gasteiger partial charge on any atom is -0.479 e. The molecule has 4 heteroatoms. The fraction of sp³-hybridized carbons (Fsp3) is 0.500. The van der Waals surface area contributed by atoms with Gasteiger partial charge in [-0.15, -0.1) is 0 Å². The molecule has 0 saturated carbocycles. The van der Waals surface area contributed by atoms with Crippen molar-refractivity contribution in [1.29, 1.82) is 0 Å². The molecule has 1 atom stereocenters. The van der Waals surface area contributed by atoms with Crippen LogP contribution in [0, 0.1) is 0 Å². The second kappa shape index (κ2) is 1.92. The molecule has 1 unspecified atom stereocenters. The van der Waals surface area contributed by atoms with Crippen LogP contribution in [0.25, 0.3) is 0 Å². The number of aliphatic hydroxyl groups is 1. The number of aliphatic carboxylic acids is 1. The predicted molar refractivity (Wildman–Crippen MR) is 24.3 cm³/mol. The molecule has 0 aliphatic rings. The van der Waals surface area contributed by atoms with Crippen molar-refractivity contribution >= 4 is 12.3 Å². The van der Waals surface area contributed by atoms with E-state index in [2.05, 4.69) is 0 Å². The average molecular weight is 118 g/mol. The second-order valence-electron chi connectivity index (χ2n) is 1.57. The lowest BCUT2D eigenvalue weighted by molar-refractivity contribution is -0.158. The van der Waals surface area contributed by atoms with Crippen LogP contribution >= 0.6 is 0 Å². The van der Waals surface area contributed by atoms with E-state index in [1.807, 2.05) is 0 Å². The highest BCUT2D eigenvalue weighted by Gasteiger charge is 2.28. The minimum atomic E-state index is -2.22. The van der Waals surface area contributed by atoms with Crippen LogP contribution in [0.5, 0.6) is 0 Å². The fourth-order valence-corrected chi connectivity index (χ4v) is 0.0504. The van der Waals surface area contributed by atoms with Crippen molar-refractivity contribution in [3.05, 3.63) is 0 Å². The third-order valence-corrected chi connectivity index (χ3v) is 0.662. The van der Waals surface area contributed by atoms with Crippen LogP contribution in [0.4, 0.5) is 0 Å². The lowest BCUT2D eigenvalue weighted by Crippen LogP contribution is -2.36.